The van der Waals surface area contributed by atoms with Crippen molar-refractivity contribution in [1.82, 2.24) is 4.90 Å². The van der Waals surface area contributed by atoms with Crippen molar-refractivity contribution < 1.29 is 29.3 Å². The highest BCUT2D eigenvalue weighted by Crippen LogP contribution is 2.59. The van der Waals surface area contributed by atoms with E-state index in [1.807, 2.05) is 83.1 Å². The van der Waals surface area contributed by atoms with Crippen LogP contribution in [0, 0.1) is 5.41 Å². The maximum Gasteiger partial charge on any atom is 0.227 e. The first-order valence-corrected chi connectivity index (χ1v) is 21.8. The summed E-state index contributed by atoms with van der Waals surface area (Å²) in [4.78, 5) is 32.2. The summed E-state index contributed by atoms with van der Waals surface area (Å²) >= 11 is 1.67. The quantitative estimate of drug-likeness (QED) is 0.0963. The zero-order valence-electron chi connectivity index (χ0n) is 34.8. The Labute approximate surface area is 353 Å². The van der Waals surface area contributed by atoms with Crippen molar-refractivity contribution in [2.75, 3.05) is 27.3 Å². The number of aliphatic hydroxyl groups excluding tert-OH is 1. The molecule has 1 fully saturated rings. The summed E-state index contributed by atoms with van der Waals surface area (Å²) in [5, 5.41) is 26.4. The number of ether oxygens (including phenoxy) is 2. The molecule has 1 saturated carbocycles. The number of nitrogens with zero attached hydrogens (tertiary/aromatic N) is 1. The highest BCUT2D eigenvalue weighted by atomic mass is 32.1. The molecule has 1 aromatic heterocycles. The lowest BCUT2D eigenvalue weighted by molar-refractivity contribution is -0.139. The van der Waals surface area contributed by atoms with Crippen LogP contribution in [0.3, 0.4) is 0 Å². The molecule has 5 aromatic rings. The number of rotatable bonds is 12. The molecule has 8 heteroatoms. The minimum Gasteiger partial charge on any atom is -0.493 e. The molecule has 59 heavy (non-hydrogen) atoms. The average molecular weight is 812 g/mol. The van der Waals surface area contributed by atoms with Gasteiger partial charge in [0.2, 0.25) is 5.91 Å². The van der Waals surface area contributed by atoms with Crippen molar-refractivity contribution in [2.24, 2.45) is 5.41 Å². The number of carbonyl (C=O) groups is 2. The van der Waals surface area contributed by atoms with Gasteiger partial charge in [-0.25, -0.2) is 0 Å². The first-order valence-electron chi connectivity index (χ1n) is 20.9. The normalized spacial score (nSPS) is 21.9. The van der Waals surface area contributed by atoms with Gasteiger partial charge in [-0.05, 0) is 122 Å². The zero-order valence-corrected chi connectivity index (χ0v) is 35.6. The summed E-state index contributed by atoms with van der Waals surface area (Å²) in [6, 6.07) is 33.7. The average Bonchev–Trinajstić information content (AvgIpc) is 3.87. The second-order valence-corrected chi connectivity index (χ2v) is 17.8. The smallest absolute Gasteiger partial charge is 0.227 e. The Kier molecular flexibility index (Phi) is 13.2. The fourth-order valence-electron chi connectivity index (χ4n) is 9.38. The summed E-state index contributed by atoms with van der Waals surface area (Å²) in [6.07, 6.45) is 6.94. The number of allylic oxidation sites excluding steroid dienone is 2. The summed E-state index contributed by atoms with van der Waals surface area (Å²) in [7, 11) is 3.18. The number of amides is 1. The molecule has 4 atom stereocenters. The van der Waals surface area contributed by atoms with Gasteiger partial charge >= 0.3 is 0 Å². The predicted octanol–water partition coefficient (Wildman–Crippen LogP) is 10.0. The number of hydrogen-bond donors (Lipinski definition) is 2. The van der Waals surface area contributed by atoms with Crippen LogP contribution in [-0.4, -0.2) is 65.8 Å². The molecule has 1 amide bonds. The fourth-order valence-corrected chi connectivity index (χ4v) is 10.1. The molecule has 3 aliphatic carbocycles. The Morgan fingerprint density at radius 1 is 0.864 bits per heavy atom. The standard InChI is InChI=1S/C51H57NO6S/c1-35-10-8-26-50(2)45(24-27-51(50,56)34-52(28-25-42-13-9-29-59-42)48(54)33-37-16-23-46(57-3)47(32-37)58-4)43-22-15-36(30-41(53)21-14-35)31-44(43)49(55)40-19-17-39(18-20-40)38-11-6-5-7-12-38/h5-7,9-13,15-20,22-23,29,31-32,41,45,53,56H,8,14,21,24-28,30,33-34H2,1-4H3. The second-order valence-electron chi connectivity index (χ2n) is 16.7. The molecule has 4 unspecified atom stereocenters. The fraction of sp³-hybridized carbons (Fsp3) is 0.373. The van der Waals surface area contributed by atoms with Crippen LogP contribution >= 0.6 is 11.3 Å². The number of carbonyl (C=O) groups excluding carboxylic acids is 2. The number of hydrogen-bond acceptors (Lipinski definition) is 7. The Balaban J connectivity index is 1.25. The lowest BCUT2D eigenvalue weighted by Gasteiger charge is -2.46. The van der Waals surface area contributed by atoms with Crippen LogP contribution in [-0.2, 0) is 24.1 Å². The molecule has 2 bridgehead atoms. The Morgan fingerprint density at radius 3 is 2.36 bits per heavy atom. The molecule has 0 radical (unpaired) electrons. The second kappa shape index (κ2) is 18.5. The molecule has 1 heterocycles. The molecule has 2 N–H and O–H groups in total. The SMILES string of the molecule is COc1ccc(CC(=O)N(CCc2cccs2)CC2(O)CCC3c4ccc(cc4C(=O)c4ccc(-c5ccccc5)cc4)CC(O)CCC(C)=CCCC32C)cc1OC. The van der Waals surface area contributed by atoms with Crippen LogP contribution < -0.4 is 9.47 Å². The first-order chi connectivity index (χ1) is 28.5. The van der Waals surface area contributed by atoms with Crippen LogP contribution in [0.2, 0.25) is 0 Å². The van der Waals surface area contributed by atoms with E-state index < -0.39 is 17.1 Å². The van der Waals surface area contributed by atoms with E-state index >= 15 is 0 Å². The number of fused-ring (bicyclic) bond motifs is 8. The van der Waals surface area contributed by atoms with Crippen LogP contribution in [0.1, 0.15) is 95.8 Å². The third-order valence-corrected chi connectivity index (χ3v) is 13.9. The van der Waals surface area contributed by atoms with Crippen molar-refractivity contribution in [1.29, 1.82) is 0 Å². The highest BCUT2D eigenvalue weighted by Gasteiger charge is 2.57. The lowest BCUT2D eigenvalue weighted by Crippen LogP contribution is -2.54. The number of thiophene rings is 1. The molecule has 3 aliphatic rings. The molecule has 0 aliphatic heterocycles. The van der Waals surface area contributed by atoms with Gasteiger partial charge in [-0.2, -0.15) is 0 Å². The minimum absolute atomic E-state index is 0.0661. The number of benzene rings is 4. The van der Waals surface area contributed by atoms with Crippen molar-refractivity contribution >= 4 is 23.0 Å². The zero-order chi connectivity index (χ0) is 41.6. The van der Waals surface area contributed by atoms with Gasteiger partial charge in [0, 0.05) is 34.5 Å². The van der Waals surface area contributed by atoms with Crippen LogP contribution in [0.4, 0.5) is 0 Å². The Morgan fingerprint density at radius 2 is 1.63 bits per heavy atom. The molecular weight excluding hydrogens is 755 g/mol. The maximum atomic E-state index is 14.7. The van der Waals surface area contributed by atoms with E-state index in [1.165, 1.54) is 10.5 Å². The van der Waals surface area contributed by atoms with Gasteiger partial charge in [-0.1, -0.05) is 97.4 Å². The first kappa shape index (κ1) is 42.1. The molecule has 4 aromatic carbocycles. The Hall–Kier alpha value is -5.02. The minimum atomic E-state index is -1.24. The number of aliphatic hydroxyl groups is 2. The van der Waals surface area contributed by atoms with E-state index in [0.717, 1.165) is 40.7 Å². The Bertz CT molecular complexity index is 2250. The number of ketones is 1. The van der Waals surface area contributed by atoms with Crippen molar-refractivity contribution in [3.8, 4) is 22.6 Å². The van der Waals surface area contributed by atoms with E-state index in [-0.39, 0.29) is 30.6 Å². The van der Waals surface area contributed by atoms with Gasteiger partial charge in [0.05, 0.1) is 32.3 Å². The van der Waals surface area contributed by atoms with Gasteiger partial charge in [0.25, 0.3) is 0 Å². The largest absolute Gasteiger partial charge is 0.493 e. The molecule has 7 nitrogen and oxygen atoms in total. The van der Waals surface area contributed by atoms with Crippen LogP contribution in [0.5, 0.6) is 11.5 Å². The van der Waals surface area contributed by atoms with Gasteiger partial charge in [0.1, 0.15) is 0 Å². The van der Waals surface area contributed by atoms with Gasteiger partial charge in [-0.3, -0.25) is 9.59 Å². The van der Waals surface area contributed by atoms with E-state index in [4.69, 9.17) is 9.47 Å². The van der Waals surface area contributed by atoms with Gasteiger partial charge < -0.3 is 24.6 Å². The topological polar surface area (TPSA) is 96.3 Å². The summed E-state index contributed by atoms with van der Waals surface area (Å²) in [5.74, 6) is 0.865. The van der Waals surface area contributed by atoms with Crippen molar-refractivity contribution in [3.05, 3.63) is 153 Å². The predicted molar refractivity (Wildman–Crippen MR) is 237 cm³/mol. The maximum absolute atomic E-state index is 14.7. The van der Waals surface area contributed by atoms with E-state index in [1.54, 1.807) is 25.6 Å². The van der Waals surface area contributed by atoms with Crippen molar-refractivity contribution in [3.63, 3.8) is 0 Å². The molecule has 8 rings (SSSR count). The van der Waals surface area contributed by atoms with Crippen molar-refractivity contribution in [2.45, 2.75) is 89.3 Å². The molecular formula is C51H57NO6S. The van der Waals surface area contributed by atoms with Crippen LogP contribution in [0.25, 0.3) is 11.1 Å². The molecule has 308 valence electrons. The monoisotopic (exact) mass is 811 g/mol. The molecule has 0 saturated heterocycles. The van der Waals surface area contributed by atoms with Gasteiger partial charge in [-0.15, -0.1) is 11.3 Å². The highest BCUT2D eigenvalue weighted by molar-refractivity contribution is 7.09. The molecule has 0 spiro atoms. The third kappa shape index (κ3) is 9.41. The van der Waals surface area contributed by atoms with Gasteiger partial charge in [0.15, 0.2) is 17.3 Å². The van der Waals surface area contributed by atoms with Crippen LogP contribution in [0.15, 0.2) is 120 Å². The number of methoxy groups -OCH3 is 2. The summed E-state index contributed by atoms with van der Waals surface area (Å²) in [6.45, 7) is 4.94. The summed E-state index contributed by atoms with van der Waals surface area (Å²) < 4.78 is 11.0. The lowest BCUT2D eigenvalue weighted by atomic mass is 9.64. The third-order valence-electron chi connectivity index (χ3n) is 13.0. The van der Waals surface area contributed by atoms with E-state index in [0.29, 0.717) is 67.7 Å². The van der Waals surface area contributed by atoms with E-state index in [9.17, 15) is 19.8 Å². The summed E-state index contributed by atoms with van der Waals surface area (Å²) in [5.41, 5.74) is 5.25. The van der Waals surface area contributed by atoms with E-state index in [2.05, 4.69) is 50.3 Å².